The highest BCUT2D eigenvalue weighted by atomic mass is 79.9. The first-order valence-corrected chi connectivity index (χ1v) is 13.0. The summed E-state index contributed by atoms with van der Waals surface area (Å²) >= 11 is 3.44. The number of carbonyl (C=O) groups excluding carboxylic acids is 1. The third kappa shape index (κ3) is 4.47. The summed E-state index contributed by atoms with van der Waals surface area (Å²) in [7, 11) is -0.325. The summed E-state index contributed by atoms with van der Waals surface area (Å²) in [5, 5.41) is 0. The topological polar surface area (TPSA) is 75.7 Å². The van der Waals surface area contributed by atoms with E-state index in [9.17, 15) is 13.2 Å². The molecule has 4 saturated carbocycles. The first-order chi connectivity index (χ1) is 14.2. The molecule has 5 rings (SSSR count). The monoisotopic (exact) mass is 498 g/mol. The van der Waals surface area contributed by atoms with Crippen molar-refractivity contribution in [3.8, 4) is 0 Å². The fourth-order valence-electron chi connectivity index (χ4n) is 6.46. The van der Waals surface area contributed by atoms with E-state index in [1.54, 1.807) is 6.07 Å². The van der Waals surface area contributed by atoms with E-state index in [0.29, 0.717) is 10.0 Å². The molecular weight excluding hydrogens is 468 g/mol. The van der Waals surface area contributed by atoms with E-state index < -0.39 is 10.0 Å². The average molecular weight is 499 g/mol. The van der Waals surface area contributed by atoms with Gasteiger partial charge in [0.2, 0.25) is 10.0 Å². The first kappa shape index (κ1) is 22.2. The van der Waals surface area contributed by atoms with Crippen molar-refractivity contribution in [1.29, 1.82) is 0 Å². The molecule has 6 nitrogen and oxygen atoms in total. The Morgan fingerprint density at radius 1 is 1.20 bits per heavy atom. The highest BCUT2D eigenvalue weighted by Gasteiger charge is 2.51. The van der Waals surface area contributed by atoms with Crippen molar-refractivity contribution in [3.05, 3.63) is 28.2 Å². The Labute approximate surface area is 187 Å². The number of rotatable bonds is 8. The van der Waals surface area contributed by atoms with Crippen LogP contribution in [0.15, 0.2) is 27.6 Å². The first-order valence-electron chi connectivity index (χ1n) is 10.7. The molecule has 4 fully saturated rings. The van der Waals surface area contributed by atoms with E-state index in [1.165, 1.54) is 57.8 Å². The minimum atomic E-state index is -3.70. The van der Waals surface area contributed by atoms with Crippen molar-refractivity contribution in [2.24, 2.45) is 23.2 Å². The minimum Gasteiger partial charge on any atom is -0.383 e. The number of methoxy groups -OCH3 is 1. The second-order valence-corrected chi connectivity index (χ2v) is 12.2. The van der Waals surface area contributed by atoms with E-state index >= 15 is 0 Å². The van der Waals surface area contributed by atoms with Crippen LogP contribution in [0.25, 0.3) is 0 Å². The molecular formula is C22H31BrN2O4S. The lowest BCUT2D eigenvalue weighted by molar-refractivity contribution is -0.0629. The molecule has 1 aromatic carbocycles. The molecule has 0 aliphatic heterocycles. The predicted octanol–water partition coefficient (Wildman–Crippen LogP) is 3.66. The van der Waals surface area contributed by atoms with Crippen molar-refractivity contribution in [3.63, 3.8) is 0 Å². The normalized spacial score (nSPS) is 29.9. The maximum atomic E-state index is 13.3. The Kier molecular flexibility index (Phi) is 6.32. The molecule has 1 aromatic rings. The lowest BCUT2D eigenvalue weighted by atomic mass is 9.49. The van der Waals surface area contributed by atoms with Crippen LogP contribution in [0, 0.1) is 23.2 Å². The molecule has 0 aromatic heterocycles. The van der Waals surface area contributed by atoms with E-state index in [0.717, 1.165) is 24.3 Å². The van der Waals surface area contributed by atoms with Gasteiger partial charge in [0, 0.05) is 31.7 Å². The van der Waals surface area contributed by atoms with Crippen LogP contribution < -0.4 is 4.72 Å². The number of carbonyl (C=O) groups is 1. The number of amides is 1. The Bertz CT molecular complexity index is 882. The molecule has 0 spiro atoms. The van der Waals surface area contributed by atoms with Crippen LogP contribution >= 0.6 is 15.9 Å². The molecule has 1 amide bonds. The second-order valence-electron chi connectivity index (χ2n) is 9.61. The molecule has 8 heteroatoms. The van der Waals surface area contributed by atoms with E-state index in [4.69, 9.17) is 4.74 Å². The number of ether oxygens (including phenoxy) is 1. The lowest BCUT2D eigenvalue weighted by Crippen LogP contribution is -2.51. The summed E-state index contributed by atoms with van der Waals surface area (Å²) in [4.78, 5) is 15.2. The Hall–Kier alpha value is -0.960. The van der Waals surface area contributed by atoms with Gasteiger partial charge in [0.05, 0.1) is 17.1 Å². The highest BCUT2D eigenvalue weighted by Crippen LogP contribution is 2.60. The van der Waals surface area contributed by atoms with Gasteiger partial charge in [-0.2, -0.15) is 0 Å². The zero-order chi connectivity index (χ0) is 21.5. The van der Waals surface area contributed by atoms with Gasteiger partial charge in [-0.25, -0.2) is 13.1 Å². The highest BCUT2D eigenvalue weighted by molar-refractivity contribution is 9.10. The van der Waals surface area contributed by atoms with Crippen molar-refractivity contribution in [1.82, 2.24) is 9.62 Å². The molecule has 1 N–H and O–H groups in total. The molecule has 0 atom stereocenters. The van der Waals surface area contributed by atoms with Crippen molar-refractivity contribution >= 4 is 31.9 Å². The lowest BCUT2D eigenvalue weighted by Gasteiger charge is -2.57. The minimum absolute atomic E-state index is 0.0911. The van der Waals surface area contributed by atoms with Gasteiger partial charge in [0.15, 0.2) is 0 Å². The third-order valence-electron chi connectivity index (χ3n) is 7.16. The van der Waals surface area contributed by atoms with Gasteiger partial charge in [-0.15, -0.1) is 0 Å². The standard InChI is InChI=1S/C22H31BrN2O4S/c1-25(14-22-11-15-7-16(12-22)9-17(8-15)13-22)21(26)19-10-18(3-4-20(19)23)30(27,28)24-5-6-29-2/h3-4,10,15-17,24H,5-9,11-14H2,1-2H3. The Morgan fingerprint density at radius 2 is 1.80 bits per heavy atom. The number of nitrogens with one attached hydrogen (secondary N) is 1. The molecule has 30 heavy (non-hydrogen) atoms. The largest absolute Gasteiger partial charge is 0.383 e. The predicted molar refractivity (Wildman–Crippen MR) is 119 cm³/mol. The second kappa shape index (κ2) is 8.52. The van der Waals surface area contributed by atoms with Crippen molar-refractivity contribution < 1.29 is 17.9 Å². The van der Waals surface area contributed by atoms with Crippen molar-refractivity contribution in [2.75, 3.05) is 33.9 Å². The quantitative estimate of drug-likeness (QED) is 0.554. The van der Waals surface area contributed by atoms with E-state index in [1.807, 2.05) is 11.9 Å². The number of hydrogen-bond donors (Lipinski definition) is 1. The smallest absolute Gasteiger partial charge is 0.254 e. The maximum absolute atomic E-state index is 13.3. The van der Waals surface area contributed by atoms with Crippen LogP contribution in [0.3, 0.4) is 0 Å². The number of nitrogens with zero attached hydrogens (tertiary/aromatic N) is 1. The van der Waals surface area contributed by atoms with Crippen LogP contribution in [0.2, 0.25) is 0 Å². The van der Waals surface area contributed by atoms with Gasteiger partial charge in [-0.1, -0.05) is 0 Å². The fourth-order valence-corrected chi connectivity index (χ4v) is 7.92. The van der Waals surface area contributed by atoms with E-state index in [-0.39, 0.29) is 29.4 Å². The molecule has 0 unspecified atom stereocenters. The Balaban J connectivity index is 1.50. The van der Waals surface area contributed by atoms with Gasteiger partial charge in [-0.3, -0.25) is 4.79 Å². The van der Waals surface area contributed by atoms with Crippen LogP contribution in [-0.4, -0.2) is 53.1 Å². The number of hydrogen-bond acceptors (Lipinski definition) is 4. The number of benzene rings is 1. The summed E-state index contributed by atoms with van der Waals surface area (Å²) in [5.41, 5.74) is 0.633. The molecule has 0 saturated heterocycles. The molecule has 4 aliphatic rings. The van der Waals surface area contributed by atoms with Crippen molar-refractivity contribution in [2.45, 2.75) is 43.4 Å². The van der Waals surface area contributed by atoms with E-state index in [2.05, 4.69) is 20.7 Å². The molecule has 166 valence electrons. The van der Waals surface area contributed by atoms with Gasteiger partial charge >= 0.3 is 0 Å². The molecule has 4 bridgehead atoms. The molecule has 0 heterocycles. The van der Waals surface area contributed by atoms with Crippen LogP contribution in [0.1, 0.15) is 48.9 Å². The average Bonchev–Trinajstić information content (AvgIpc) is 2.66. The third-order valence-corrected chi connectivity index (χ3v) is 9.31. The molecule has 4 aliphatic carbocycles. The summed E-state index contributed by atoms with van der Waals surface area (Å²) in [6, 6.07) is 4.61. The molecule has 0 radical (unpaired) electrons. The van der Waals surface area contributed by atoms with Crippen LogP contribution in [-0.2, 0) is 14.8 Å². The van der Waals surface area contributed by atoms with Crippen LogP contribution in [0.4, 0.5) is 0 Å². The SMILES string of the molecule is COCCNS(=O)(=O)c1ccc(Br)c(C(=O)N(C)CC23CC4CC(CC(C4)C2)C3)c1. The summed E-state index contributed by atoms with van der Waals surface area (Å²) in [5.74, 6) is 2.36. The summed E-state index contributed by atoms with van der Waals surface area (Å²) < 4.78 is 33.1. The summed E-state index contributed by atoms with van der Waals surface area (Å²) in [6.45, 7) is 1.23. The zero-order valence-corrected chi connectivity index (χ0v) is 20.1. The fraction of sp³-hybridized carbons (Fsp3) is 0.682. The Morgan fingerprint density at radius 3 is 2.37 bits per heavy atom. The van der Waals surface area contributed by atoms with Gasteiger partial charge in [0.1, 0.15) is 0 Å². The maximum Gasteiger partial charge on any atom is 0.254 e. The number of halogens is 1. The van der Waals surface area contributed by atoms with Gasteiger partial charge < -0.3 is 9.64 Å². The van der Waals surface area contributed by atoms with Crippen LogP contribution in [0.5, 0.6) is 0 Å². The van der Waals surface area contributed by atoms with Gasteiger partial charge in [0.25, 0.3) is 5.91 Å². The summed E-state index contributed by atoms with van der Waals surface area (Å²) in [6.07, 6.45) is 7.82. The zero-order valence-electron chi connectivity index (χ0n) is 17.7. The number of sulfonamides is 1. The van der Waals surface area contributed by atoms with Gasteiger partial charge in [-0.05, 0) is 95.8 Å².